The van der Waals surface area contributed by atoms with Crippen molar-refractivity contribution in [3.63, 3.8) is 0 Å². The van der Waals surface area contributed by atoms with Crippen LogP contribution in [0.25, 0.3) is 0 Å². The van der Waals surface area contributed by atoms with E-state index in [1.807, 2.05) is 13.8 Å². The van der Waals surface area contributed by atoms with Crippen molar-refractivity contribution >= 4 is 15.9 Å². The number of aromatic amines is 1. The van der Waals surface area contributed by atoms with Gasteiger partial charge in [-0.1, -0.05) is 6.92 Å². The molecule has 27 heavy (non-hydrogen) atoms. The van der Waals surface area contributed by atoms with Gasteiger partial charge < -0.3 is 9.72 Å². The maximum absolute atomic E-state index is 13.8. The van der Waals surface area contributed by atoms with Crippen molar-refractivity contribution in [2.24, 2.45) is 0 Å². The van der Waals surface area contributed by atoms with Gasteiger partial charge in [-0.3, -0.25) is 14.8 Å². The van der Waals surface area contributed by atoms with Crippen LogP contribution >= 0.6 is 15.9 Å². The molecule has 8 heteroatoms. The van der Waals surface area contributed by atoms with Crippen LogP contribution in [0, 0.1) is 18.6 Å². The molecule has 0 saturated heterocycles. The molecule has 2 aromatic heterocycles. The number of hydrogen-bond acceptors (Lipinski definition) is 4. The Hall–Kier alpha value is -2.61. The highest BCUT2D eigenvalue weighted by molar-refractivity contribution is 9.10. The first-order valence-corrected chi connectivity index (χ1v) is 8.92. The molecule has 0 aliphatic heterocycles. The van der Waals surface area contributed by atoms with E-state index >= 15 is 0 Å². The van der Waals surface area contributed by atoms with Gasteiger partial charge in [0.05, 0.1) is 11.4 Å². The minimum Gasteiger partial charge on any atom is -0.487 e. The molecule has 0 radical (unpaired) electrons. The number of ether oxygens (including phenoxy) is 1. The van der Waals surface area contributed by atoms with E-state index in [-0.39, 0.29) is 33.9 Å². The van der Waals surface area contributed by atoms with E-state index in [0.717, 1.165) is 17.8 Å². The van der Waals surface area contributed by atoms with Crippen LogP contribution in [0.3, 0.4) is 0 Å². The first-order valence-electron chi connectivity index (χ1n) is 8.13. The summed E-state index contributed by atoms with van der Waals surface area (Å²) >= 11 is 3.18. The monoisotopic (exact) mass is 435 g/mol. The van der Waals surface area contributed by atoms with Crippen LogP contribution in [-0.4, -0.2) is 15.0 Å². The predicted molar refractivity (Wildman–Crippen MR) is 99.7 cm³/mol. The van der Waals surface area contributed by atoms with Gasteiger partial charge in [0.15, 0.2) is 0 Å². The average molecular weight is 436 g/mol. The van der Waals surface area contributed by atoms with Crippen molar-refractivity contribution in [1.29, 1.82) is 0 Å². The number of benzene rings is 1. The number of nitrogens with one attached hydrogen (secondary N) is 1. The number of rotatable bonds is 5. The third-order valence-electron chi connectivity index (χ3n) is 4.07. The minimum atomic E-state index is -0.709. The molecule has 0 aliphatic carbocycles. The van der Waals surface area contributed by atoms with Crippen molar-refractivity contribution in [2.45, 2.75) is 26.4 Å². The molecule has 0 aliphatic rings. The van der Waals surface area contributed by atoms with Crippen LogP contribution in [0.15, 0.2) is 45.9 Å². The molecule has 3 aromatic rings. The Bertz CT molecular complexity index is 1020. The highest BCUT2D eigenvalue weighted by Gasteiger charge is 2.16. The highest BCUT2D eigenvalue weighted by atomic mass is 79.9. The highest BCUT2D eigenvalue weighted by Crippen LogP contribution is 2.28. The summed E-state index contributed by atoms with van der Waals surface area (Å²) < 4.78 is 32.6. The molecule has 5 nitrogen and oxygen atoms in total. The number of pyridine rings is 1. The molecular formula is C19H16BrF2N3O2. The SMILES string of the molecule is Cc1cnc(C(C)c2cc(OCc3ccc(F)cc3F)c(Br)c(=O)[nH]2)cn1. The van der Waals surface area contributed by atoms with Gasteiger partial charge in [0.25, 0.3) is 5.56 Å². The second-order valence-electron chi connectivity index (χ2n) is 6.06. The van der Waals surface area contributed by atoms with Crippen molar-refractivity contribution < 1.29 is 13.5 Å². The van der Waals surface area contributed by atoms with E-state index in [9.17, 15) is 13.6 Å². The Kier molecular flexibility index (Phi) is 5.65. The topological polar surface area (TPSA) is 67.9 Å². The summed E-state index contributed by atoms with van der Waals surface area (Å²) in [7, 11) is 0. The summed E-state index contributed by atoms with van der Waals surface area (Å²) in [6.07, 6.45) is 3.30. The zero-order valence-corrected chi connectivity index (χ0v) is 16.2. The fourth-order valence-electron chi connectivity index (χ4n) is 2.46. The molecule has 1 unspecified atom stereocenters. The maximum Gasteiger partial charge on any atom is 0.266 e. The number of H-pyrrole nitrogens is 1. The lowest BCUT2D eigenvalue weighted by Gasteiger charge is -2.14. The summed E-state index contributed by atoms with van der Waals surface area (Å²) in [5.74, 6) is -1.35. The second-order valence-corrected chi connectivity index (χ2v) is 6.85. The van der Waals surface area contributed by atoms with E-state index < -0.39 is 11.6 Å². The summed E-state index contributed by atoms with van der Waals surface area (Å²) in [6.45, 7) is 3.57. The Balaban J connectivity index is 1.87. The molecule has 0 bridgehead atoms. The lowest BCUT2D eigenvalue weighted by atomic mass is 10.0. The summed E-state index contributed by atoms with van der Waals surface area (Å²) in [5.41, 5.74) is 1.86. The van der Waals surface area contributed by atoms with E-state index in [1.54, 1.807) is 18.5 Å². The lowest BCUT2D eigenvalue weighted by Crippen LogP contribution is -2.15. The Labute approximate surface area is 162 Å². The van der Waals surface area contributed by atoms with Crippen molar-refractivity contribution in [3.05, 3.63) is 85.8 Å². The van der Waals surface area contributed by atoms with Gasteiger partial charge in [0.1, 0.15) is 28.5 Å². The molecule has 0 amide bonds. The fraction of sp³-hybridized carbons (Fsp3) is 0.211. The molecule has 1 atom stereocenters. The molecule has 0 saturated carbocycles. The summed E-state index contributed by atoms with van der Waals surface area (Å²) in [6, 6.07) is 4.89. The molecule has 0 fully saturated rings. The molecular weight excluding hydrogens is 420 g/mol. The van der Waals surface area contributed by atoms with Gasteiger partial charge in [0.2, 0.25) is 0 Å². The number of aryl methyl sites for hydroxylation is 1. The van der Waals surface area contributed by atoms with Gasteiger partial charge in [-0.15, -0.1) is 0 Å². The Morgan fingerprint density at radius 1 is 1.22 bits per heavy atom. The predicted octanol–water partition coefficient (Wildman–Crippen LogP) is 4.24. The lowest BCUT2D eigenvalue weighted by molar-refractivity contribution is 0.296. The van der Waals surface area contributed by atoms with E-state index in [2.05, 4.69) is 30.9 Å². The Morgan fingerprint density at radius 2 is 2.00 bits per heavy atom. The van der Waals surface area contributed by atoms with Gasteiger partial charge >= 0.3 is 0 Å². The molecule has 3 rings (SSSR count). The standard InChI is InChI=1S/C19H16BrF2N3O2/c1-10-7-24-16(8-23-10)11(2)15-6-17(18(20)19(26)25-15)27-9-12-3-4-13(21)5-14(12)22/h3-8,11H,9H2,1-2H3,(H,25,26). The van der Waals surface area contributed by atoms with Crippen molar-refractivity contribution in [2.75, 3.05) is 0 Å². The quantitative estimate of drug-likeness (QED) is 0.650. The van der Waals surface area contributed by atoms with Gasteiger partial charge in [0, 0.05) is 41.7 Å². The molecule has 140 valence electrons. The zero-order valence-electron chi connectivity index (χ0n) is 14.6. The van der Waals surface area contributed by atoms with Crippen LogP contribution < -0.4 is 10.3 Å². The fourth-order valence-corrected chi connectivity index (χ4v) is 2.78. The summed E-state index contributed by atoms with van der Waals surface area (Å²) in [4.78, 5) is 23.5. The minimum absolute atomic E-state index is 0.147. The Morgan fingerprint density at radius 3 is 2.67 bits per heavy atom. The van der Waals surface area contributed by atoms with E-state index in [4.69, 9.17) is 4.74 Å². The molecule has 0 spiro atoms. The molecule has 1 N–H and O–H groups in total. The van der Waals surface area contributed by atoms with Crippen LogP contribution in [-0.2, 0) is 6.61 Å². The zero-order chi connectivity index (χ0) is 19.6. The van der Waals surface area contributed by atoms with Gasteiger partial charge in [-0.25, -0.2) is 8.78 Å². The van der Waals surface area contributed by atoms with Gasteiger partial charge in [-0.05, 0) is 35.0 Å². The average Bonchev–Trinajstić information content (AvgIpc) is 2.64. The number of aromatic nitrogens is 3. The maximum atomic E-state index is 13.8. The van der Waals surface area contributed by atoms with Crippen LogP contribution in [0.2, 0.25) is 0 Å². The largest absolute Gasteiger partial charge is 0.487 e. The number of nitrogens with zero attached hydrogens (tertiary/aromatic N) is 2. The molecule has 2 heterocycles. The van der Waals surface area contributed by atoms with Crippen LogP contribution in [0.1, 0.15) is 35.5 Å². The van der Waals surface area contributed by atoms with Crippen molar-refractivity contribution in [1.82, 2.24) is 15.0 Å². The normalized spacial score (nSPS) is 12.0. The van der Waals surface area contributed by atoms with E-state index in [1.165, 1.54) is 6.07 Å². The third-order valence-corrected chi connectivity index (χ3v) is 4.82. The first-order chi connectivity index (χ1) is 12.8. The van der Waals surface area contributed by atoms with Gasteiger partial charge in [-0.2, -0.15) is 0 Å². The molecule has 1 aromatic carbocycles. The van der Waals surface area contributed by atoms with Crippen molar-refractivity contribution in [3.8, 4) is 5.75 Å². The smallest absolute Gasteiger partial charge is 0.266 e. The second kappa shape index (κ2) is 7.96. The number of halogens is 3. The van der Waals surface area contributed by atoms with Crippen LogP contribution in [0.4, 0.5) is 8.78 Å². The summed E-state index contributed by atoms with van der Waals surface area (Å²) in [5, 5.41) is 0. The third kappa shape index (κ3) is 4.39. The number of hydrogen-bond donors (Lipinski definition) is 1. The first kappa shape index (κ1) is 19.2. The van der Waals surface area contributed by atoms with Crippen LogP contribution in [0.5, 0.6) is 5.75 Å². The van der Waals surface area contributed by atoms with E-state index in [0.29, 0.717) is 11.4 Å².